The van der Waals surface area contributed by atoms with Gasteiger partial charge in [-0.2, -0.15) is 0 Å². The average molecular weight is 1540 g/mol. The molecule has 0 saturated heterocycles. The fourth-order valence-corrected chi connectivity index (χ4v) is 14.9. The van der Waals surface area contributed by atoms with E-state index >= 15 is 0 Å². The molecule has 624 valence electrons. The Bertz CT molecular complexity index is 2030. The van der Waals surface area contributed by atoms with Crippen molar-refractivity contribution in [3.63, 3.8) is 0 Å². The van der Waals surface area contributed by atoms with Crippen LogP contribution in [-0.2, 0) is 65.4 Å². The van der Waals surface area contributed by atoms with Gasteiger partial charge in [-0.3, -0.25) is 37.3 Å². The third-order valence-corrected chi connectivity index (χ3v) is 23.1. The number of rotatable bonds is 84. The molecule has 0 amide bonds. The molecule has 0 fully saturated rings. The van der Waals surface area contributed by atoms with Crippen LogP contribution in [-0.4, -0.2) is 96.7 Å². The Kier molecular flexibility index (Phi) is 74.7. The SMILES string of the molecule is CCCCCCCCCCCCCCCCCCCCCC(=O)OC[C@H](COP(=O)(O)OC[C@@H](O)COP(=O)(O)OC[C@@H](COC(=O)CCCCCCCCC(C)CC)OC(=O)CCCCCCCCCCCCC(C)CC)OC(=O)CCCCCCCCCCCCCCCCCCCCC(C)CC. The molecular formula is C86H168O17P2. The highest BCUT2D eigenvalue weighted by Crippen LogP contribution is 2.45. The quantitative estimate of drug-likeness (QED) is 0.0222. The standard InChI is InChI=1S/C86H168O17P2/c1-8-12-13-14-15-16-17-18-19-20-21-25-28-31-34-40-45-53-60-67-83(88)96-73-81(102-85(90)69-62-55-46-41-35-32-29-26-23-22-24-27-30-33-38-43-50-57-64-77(5)9-2)75-100-104(92,93)98-71-80(87)72-99-105(94,95)101-76-82(74-97-84(89)68-61-54-49-48-52-59-66-79(7)11-4)103-86(91)70-63-56-47-42-37-36-39-44-51-58-65-78(6)10-3/h77-82,87H,8-76H2,1-7H3,(H,92,93)(H,94,95)/t77?,78?,79?,80-,81-,82-/m1/s1. The molecule has 8 atom stereocenters. The van der Waals surface area contributed by atoms with Crippen molar-refractivity contribution in [2.75, 3.05) is 39.6 Å². The maximum Gasteiger partial charge on any atom is 0.472 e. The molecule has 5 unspecified atom stereocenters. The highest BCUT2D eigenvalue weighted by atomic mass is 31.2. The van der Waals surface area contributed by atoms with Crippen LogP contribution < -0.4 is 0 Å². The number of esters is 4. The number of aliphatic hydroxyl groups excluding tert-OH is 1. The maximum atomic E-state index is 13.1. The maximum absolute atomic E-state index is 13.1. The minimum absolute atomic E-state index is 0.105. The zero-order valence-corrected chi connectivity index (χ0v) is 71.0. The zero-order chi connectivity index (χ0) is 77.2. The number of carbonyl (C=O) groups is 4. The number of carbonyl (C=O) groups excluding carboxylic acids is 4. The third kappa shape index (κ3) is 75.9. The molecule has 0 rings (SSSR count). The molecule has 0 aromatic heterocycles. The van der Waals surface area contributed by atoms with Crippen LogP contribution in [0.4, 0.5) is 0 Å². The number of hydrogen-bond donors (Lipinski definition) is 3. The minimum Gasteiger partial charge on any atom is -0.462 e. The molecule has 3 N–H and O–H groups in total. The van der Waals surface area contributed by atoms with E-state index in [2.05, 4.69) is 48.5 Å². The van der Waals surface area contributed by atoms with Crippen LogP contribution in [0.2, 0.25) is 0 Å². The van der Waals surface area contributed by atoms with Crippen molar-refractivity contribution < 1.29 is 80.2 Å². The van der Waals surface area contributed by atoms with Crippen LogP contribution in [0.1, 0.15) is 453 Å². The Morgan fingerprint density at radius 3 is 0.676 bits per heavy atom. The van der Waals surface area contributed by atoms with Crippen molar-refractivity contribution in [2.45, 2.75) is 471 Å². The summed E-state index contributed by atoms with van der Waals surface area (Å²) in [5.41, 5.74) is 0. The zero-order valence-electron chi connectivity index (χ0n) is 69.2. The molecule has 0 aromatic rings. The Hall–Kier alpha value is -1.94. The Morgan fingerprint density at radius 2 is 0.457 bits per heavy atom. The van der Waals surface area contributed by atoms with Gasteiger partial charge in [0, 0.05) is 25.7 Å². The van der Waals surface area contributed by atoms with E-state index in [0.29, 0.717) is 25.7 Å². The van der Waals surface area contributed by atoms with E-state index in [0.717, 1.165) is 114 Å². The fourth-order valence-electron chi connectivity index (χ4n) is 13.3. The van der Waals surface area contributed by atoms with Crippen molar-refractivity contribution >= 4 is 39.5 Å². The summed E-state index contributed by atoms with van der Waals surface area (Å²) < 4.78 is 68.9. The number of ether oxygens (including phenoxy) is 4. The van der Waals surface area contributed by atoms with Gasteiger partial charge in [0.05, 0.1) is 26.4 Å². The van der Waals surface area contributed by atoms with Crippen LogP contribution in [0.3, 0.4) is 0 Å². The van der Waals surface area contributed by atoms with Gasteiger partial charge in [0.25, 0.3) is 0 Å². The summed E-state index contributed by atoms with van der Waals surface area (Å²) in [6.07, 6.45) is 66.7. The first-order valence-corrected chi connectivity index (χ1v) is 47.5. The lowest BCUT2D eigenvalue weighted by molar-refractivity contribution is -0.161. The predicted octanol–water partition coefficient (Wildman–Crippen LogP) is 26.1. The molecule has 0 saturated carbocycles. The lowest BCUT2D eigenvalue weighted by Gasteiger charge is -2.21. The second-order valence-electron chi connectivity index (χ2n) is 31.7. The van der Waals surface area contributed by atoms with Gasteiger partial charge in [0.2, 0.25) is 0 Å². The number of phosphoric ester groups is 2. The Morgan fingerprint density at radius 1 is 0.267 bits per heavy atom. The monoisotopic (exact) mass is 1540 g/mol. The molecule has 0 bridgehead atoms. The lowest BCUT2D eigenvalue weighted by atomic mass is 9.99. The minimum atomic E-state index is -4.97. The molecule has 105 heavy (non-hydrogen) atoms. The summed E-state index contributed by atoms with van der Waals surface area (Å²) in [6.45, 7) is 12.0. The van der Waals surface area contributed by atoms with Gasteiger partial charge >= 0.3 is 39.5 Å². The lowest BCUT2D eigenvalue weighted by Crippen LogP contribution is -2.30. The van der Waals surface area contributed by atoms with E-state index in [9.17, 15) is 43.2 Å². The Labute approximate surface area is 645 Å². The summed E-state index contributed by atoms with van der Waals surface area (Å²) in [7, 11) is -9.93. The summed E-state index contributed by atoms with van der Waals surface area (Å²) in [4.78, 5) is 73.2. The van der Waals surface area contributed by atoms with Gasteiger partial charge in [0.1, 0.15) is 19.3 Å². The number of phosphoric acid groups is 2. The summed E-state index contributed by atoms with van der Waals surface area (Å²) in [5.74, 6) is 0.298. The molecule has 19 heteroatoms. The van der Waals surface area contributed by atoms with Crippen molar-refractivity contribution in [3.8, 4) is 0 Å². The highest BCUT2D eigenvalue weighted by molar-refractivity contribution is 7.47. The van der Waals surface area contributed by atoms with E-state index < -0.39 is 97.5 Å². The van der Waals surface area contributed by atoms with Gasteiger partial charge in [0.15, 0.2) is 12.2 Å². The second-order valence-corrected chi connectivity index (χ2v) is 34.6. The smallest absolute Gasteiger partial charge is 0.462 e. The molecule has 0 spiro atoms. The topological polar surface area (TPSA) is 237 Å². The first-order chi connectivity index (χ1) is 50.8. The fraction of sp³-hybridized carbons (Fsp3) is 0.953. The molecule has 0 aliphatic rings. The van der Waals surface area contributed by atoms with E-state index in [1.54, 1.807) is 0 Å². The number of hydrogen-bond acceptors (Lipinski definition) is 15. The van der Waals surface area contributed by atoms with Crippen LogP contribution in [0, 0.1) is 17.8 Å². The summed E-state index contributed by atoms with van der Waals surface area (Å²) >= 11 is 0. The Balaban J connectivity index is 5.23. The van der Waals surface area contributed by atoms with Crippen LogP contribution >= 0.6 is 15.6 Å². The van der Waals surface area contributed by atoms with Gasteiger partial charge in [-0.05, 0) is 43.4 Å². The largest absolute Gasteiger partial charge is 0.472 e. The predicted molar refractivity (Wildman–Crippen MR) is 432 cm³/mol. The van der Waals surface area contributed by atoms with E-state index in [-0.39, 0.29) is 25.7 Å². The molecule has 0 radical (unpaired) electrons. The second kappa shape index (κ2) is 76.1. The molecular weight excluding hydrogens is 1370 g/mol. The first kappa shape index (κ1) is 103. The average Bonchev–Trinajstić information content (AvgIpc) is 0.908. The van der Waals surface area contributed by atoms with E-state index in [1.165, 1.54) is 257 Å². The molecule has 17 nitrogen and oxygen atoms in total. The van der Waals surface area contributed by atoms with Crippen molar-refractivity contribution in [2.24, 2.45) is 17.8 Å². The van der Waals surface area contributed by atoms with Crippen LogP contribution in [0.15, 0.2) is 0 Å². The summed E-state index contributed by atoms with van der Waals surface area (Å²) in [6, 6.07) is 0. The van der Waals surface area contributed by atoms with Crippen molar-refractivity contribution in [1.82, 2.24) is 0 Å². The third-order valence-electron chi connectivity index (χ3n) is 21.2. The van der Waals surface area contributed by atoms with Crippen LogP contribution in [0.5, 0.6) is 0 Å². The van der Waals surface area contributed by atoms with Crippen LogP contribution in [0.25, 0.3) is 0 Å². The van der Waals surface area contributed by atoms with Gasteiger partial charge in [-0.25, -0.2) is 9.13 Å². The molecule has 0 aliphatic carbocycles. The molecule has 0 aromatic carbocycles. The normalized spacial score (nSPS) is 14.6. The molecule has 0 aliphatic heterocycles. The van der Waals surface area contributed by atoms with E-state index in [1.807, 2.05) is 0 Å². The van der Waals surface area contributed by atoms with Gasteiger partial charge < -0.3 is 33.8 Å². The summed E-state index contributed by atoms with van der Waals surface area (Å²) in [5, 5.41) is 10.7. The van der Waals surface area contributed by atoms with Crippen molar-refractivity contribution in [3.05, 3.63) is 0 Å². The molecule has 0 heterocycles. The van der Waals surface area contributed by atoms with Crippen molar-refractivity contribution in [1.29, 1.82) is 0 Å². The van der Waals surface area contributed by atoms with Gasteiger partial charge in [-0.1, -0.05) is 402 Å². The van der Waals surface area contributed by atoms with Gasteiger partial charge in [-0.15, -0.1) is 0 Å². The van der Waals surface area contributed by atoms with E-state index in [4.69, 9.17) is 37.0 Å². The number of unbranched alkanes of at least 4 members (excludes halogenated alkanes) is 49. The highest BCUT2D eigenvalue weighted by Gasteiger charge is 2.31. The first-order valence-electron chi connectivity index (χ1n) is 44.5. The number of aliphatic hydroxyl groups is 1.